The van der Waals surface area contributed by atoms with Crippen molar-refractivity contribution in [1.29, 1.82) is 0 Å². The minimum Gasteiger partial charge on any atom is -0.124 e. The van der Waals surface area contributed by atoms with E-state index in [4.69, 9.17) is 0 Å². The fourth-order valence-electron chi connectivity index (χ4n) is 0.847. The van der Waals surface area contributed by atoms with Gasteiger partial charge >= 0.3 is 0 Å². The molecule has 53 valence electrons. The number of hydrogen-bond donors (Lipinski definition) is 0. The van der Waals surface area contributed by atoms with Gasteiger partial charge in [-0.3, -0.25) is 0 Å². The quantitative estimate of drug-likeness (QED) is 0.582. The van der Waals surface area contributed by atoms with Crippen LogP contribution in [0.5, 0.6) is 0 Å². The van der Waals surface area contributed by atoms with Crippen LogP contribution < -0.4 is 0 Å². The molecule has 0 atom stereocenters. The van der Waals surface area contributed by atoms with E-state index in [1.165, 1.54) is 0 Å². The summed E-state index contributed by atoms with van der Waals surface area (Å²) >= 11 is 0. The highest BCUT2D eigenvalue weighted by molar-refractivity contribution is 5.28. The summed E-state index contributed by atoms with van der Waals surface area (Å²) in [6, 6.07) is 9.61. The van der Waals surface area contributed by atoms with E-state index in [-0.39, 0.29) is 0 Å². The molecule has 0 N–H and O–H groups in total. The predicted octanol–water partition coefficient (Wildman–Crippen LogP) is 2.36. The summed E-state index contributed by atoms with van der Waals surface area (Å²) in [7, 11) is 0. The zero-order valence-electron chi connectivity index (χ0n) is 5.68. The van der Waals surface area contributed by atoms with Crippen molar-refractivity contribution in [2.45, 2.75) is 0 Å². The van der Waals surface area contributed by atoms with Crippen LogP contribution in [0.4, 0.5) is 0 Å². The van der Waals surface area contributed by atoms with Gasteiger partial charge in [-0.1, -0.05) is 30.3 Å². The van der Waals surface area contributed by atoms with Crippen molar-refractivity contribution in [1.82, 2.24) is 0 Å². The smallest absolute Gasteiger partial charge is 0.124 e. The van der Waals surface area contributed by atoms with Crippen LogP contribution >= 0.6 is 0 Å². The first-order valence-corrected chi connectivity index (χ1v) is 3.21. The third-order valence-corrected chi connectivity index (χ3v) is 1.35. The second kappa shape index (κ2) is 2.57. The molecule has 4 nitrogen and oxygen atoms in total. The van der Waals surface area contributed by atoms with Gasteiger partial charge < -0.3 is 0 Å². The molecule has 0 amide bonds. The lowest BCUT2D eigenvalue weighted by Gasteiger charge is -1.96. The molecular weight excluding hydrogens is 140 g/mol. The Bertz CT molecular complexity index is 279. The summed E-state index contributed by atoms with van der Waals surface area (Å²) in [4.78, 5) is 0. The molecule has 0 unspecified atom stereocenters. The van der Waals surface area contributed by atoms with Gasteiger partial charge in [-0.2, -0.15) is 0 Å². The van der Waals surface area contributed by atoms with Gasteiger partial charge in [0.25, 0.3) is 6.17 Å². The van der Waals surface area contributed by atoms with Crippen molar-refractivity contribution in [2.75, 3.05) is 0 Å². The van der Waals surface area contributed by atoms with Crippen molar-refractivity contribution in [3.8, 4) is 0 Å². The van der Waals surface area contributed by atoms with Crippen LogP contribution in [-0.2, 0) is 0 Å². The second-order valence-electron chi connectivity index (χ2n) is 2.07. The zero-order valence-corrected chi connectivity index (χ0v) is 5.68. The summed E-state index contributed by atoms with van der Waals surface area (Å²) < 4.78 is 0. The predicted molar refractivity (Wildman–Crippen MR) is 38.5 cm³/mol. The lowest BCUT2D eigenvalue weighted by molar-refractivity contribution is 1.02. The van der Waals surface area contributed by atoms with E-state index >= 15 is 0 Å². The van der Waals surface area contributed by atoms with E-state index in [2.05, 4.69) is 20.7 Å². The largest absolute Gasteiger partial charge is 0.272 e. The third-order valence-electron chi connectivity index (χ3n) is 1.35. The maximum absolute atomic E-state index is 3.71. The van der Waals surface area contributed by atoms with Crippen LogP contribution in [0.3, 0.4) is 0 Å². The summed E-state index contributed by atoms with van der Waals surface area (Å²) in [6.45, 7) is 0. The third kappa shape index (κ3) is 1.14. The van der Waals surface area contributed by atoms with Gasteiger partial charge in [0.15, 0.2) is 0 Å². The molecule has 2 rings (SSSR count). The van der Waals surface area contributed by atoms with Crippen LogP contribution in [0.2, 0.25) is 0 Å². The fraction of sp³-hybridized carbons (Fsp3) is 0. The van der Waals surface area contributed by atoms with Crippen molar-refractivity contribution >= 4 is 0 Å². The molecule has 1 aliphatic rings. The average Bonchev–Trinajstić information content (AvgIpc) is 2.58. The SMILES string of the molecule is c1ccc([C]2N=NN=N2)cc1. The highest BCUT2D eigenvalue weighted by atomic mass is 15.6. The van der Waals surface area contributed by atoms with E-state index < -0.39 is 0 Å². The van der Waals surface area contributed by atoms with Crippen LogP contribution in [-0.4, -0.2) is 0 Å². The molecule has 4 heteroatoms. The van der Waals surface area contributed by atoms with E-state index in [1.54, 1.807) is 0 Å². The molecule has 0 saturated heterocycles. The van der Waals surface area contributed by atoms with E-state index in [9.17, 15) is 0 Å². The molecule has 0 saturated carbocycles. The molecular formula is C7H5N4. The van der Waals surface area contributed by atoms with Crippen LogP contribution in [0, 0.1) is 6.17 Å². The maximum atomic E-state index is 3.71. The molecule has 0 aromatic heterocycles. The van der Waals surface area contributed by atoms with Gasteiger partial charge in [-0.05, 0) is 10.4 Å². The van der Waals surface area contributed by atoms with Gasteiger partial charge in [0.1, 0.15) is 0 Å². The molecule has 1 aliphatic heterocycles. The lowest BCUT2D eigenvalue weighted by atomic mass is 10.2. The van der Waals surface area contributed by atoms with Crippen LogP contribution in [0.25, 0.3) is 0 Å². The molecule has 1 heterocycles. The molecule has 0 aliphatic carbocycles. The van der Waals surface area contributed by atoms with Gasteiger partial charge in [-0.25, -0.2) is 0 Å². The zero-order chi connectivity index (χ0) is 7.52. The first kappa shape index (κ1) is 6.15. The minimum absolute atomic E-state index is 0.575. The van der Waals surface area contributed by atoms with Crippen molar-refractivity contribution in [2.24, 2.45) is 20.7 Å². The molecule has 1 radical (unpaired) electrons. The van der Waals surface area contributed by atoms with E-state index in [0.717, 1.165) is 5.56 Å². The van der Waals surface area contributed by atoms with Gasteiger partial charge in [0.05, 0.1) is 0 Å². The maximum Gasteiger partial charge on any atom is 0.272 e. The summed E-state index contributed by atoms with van der Waals surface area (Å²) in [6.07, 6.45) is 0.575. The van der Waals surface area contributed by atoms with Gasteiger partial charge in [0, 0.05) is 5.56 Å². The Morgan fingerprint density at radius 3 is 2.09 bits per heavy atom. The molecule has 0 fully saturated rings. The first-order chi connectivity index (χ1) is 5.47. The number of nitrogens with zero attached hydrogens (tertiary/aromatic N) is 4. The lowest BCUT2D eigenvalue weighted by Crippen LogP contribution is -1.86. The minimum atomic E-state index is 0.575. The van der Waals surface area contributed by atoms with Crippen molar-refractivity contribution < 1.29 is 0 Å². The monoisotopic (exact) mass is 145 g/mol. The number of hydrogen-bond acceptors (Lipinski definition) is 4. The number of rotatable bonds is 1. The van der Waals surface area contributed by atoms with Crippen LogP contribution in [0.15, 0.2) is 51.0 Å². The summed E-state index contributed by atoms with van der Waals surface area (Å²) in [5, 5.41) is 14.2. The molecule has 1 aromatic carbocycles. The number of benzene rings is 1. The Kier molecular flexibility index (Phi) is 1.44. The topological polar surface area (TPSA) is 49.4 Å². The highest BCUT2D eigenvalue weighted by Gasteiger charge is 2.13. The summed E-state index contributed by atoms with van der Waals surface area (Å²) in [5.74, 6) is 0. The molecule has 11 heavy (non-hydrogen) atoms. The fourth-order valence-corrected chi connectivity index (χ4v) is 0.847. The highest BCUT2D eigenvalue weighted by Crippen LogP contribution is 2.21. The van der Waals surface area contributed by atoms with Crippen molar-refractivity contribution in [3.05, 3.63) is 42.1 Å². The Labute approximate surface area is 63.7 Å². The van der Waals surface area contributed by atoms with Gasteiger partial charge in [0.2, 0.25) is 0 Å². The van der Waals surface area contributed by atoms with Gasteiger partial charge in [-0.15, -0.1) is 10.2 Å². The summed E-state index contributed by atoms with van der Waals surface area (Å²) in [5.41, 5.74) is 0.942. The van der Waals surface area contributed by atoms with E-state index in [0.29, 0.717) is 6.17 Å². The Morgan fingerprint density at radius 2 is 1.45 bits per heavy atom. The van der Waals surface area contributed by atoms with E-state index in [1.807, 2.05) is 30.3 Å². The molecule has 1 aromatic rings. The molecule has 0 spiro atoms. The Morgan fingerprint density at radius 1 is 0.818 bits per heavy atom. The van der Waals surface area contributed by atoms with Crippen LogP contribution in [0.1, 0.15) is 5.56 Å². The normalized spacial score (nSPS) is 16.0. The standard InChI is InChI=1S/C7H5N4/c1-2-4-6(5-3-1)7-8-10-11-9-7/h1-5H. The Hall–Kier alpha value is -1.58. The average molecular weight is 145 g/mol. The first-order valence-electron chi connectivity index (χ1n) is 3.21. The second-order valence-corrected chi connectivity index (χ2v) is 2.07. The molecule has 0 bridgehead atoms. The van der Waals surface area contributed by atoms with Crippen molar-refractivity contribution in [3.63, 3.8) is 0 Å². The Balaban J connectivity index is 2.30.